The molecule has 5 heterocycles. The molecular weight excluding hydrogens is 432 g/mol. The van der Waals surface area contributed by atoms with E-state index in [1.807, 2.05) is 11.4 Å². The number of aryl methyl sites for hydroxylation is 1. The zero-order chi connectivity index (χ0) is 22.9. The van der Waals surface area contributed by atoms with Gasteiger partial charge in [-0.25, -0.2) is 9.97 Å². The van der Waals surface area contributed by atoms with Gasteiger partial charge in [0.15, 0.2) is 11.5 Å². The van der Waals surface area contributed by atoms with E-state index in [0.717, 1.165) is 52.6 Å². The molecule has 170 valence electrons. The summed E-state index contributed by atoms with van der Waals surface area (Å²) in [6, 6.07) is 8.51. The fraction of sp³-hybridized carbons (Fsp3) is 0.400. The van der Waals surface area contributed by atoms with Crippen molar-refractivity contribution < 1.29 is 4.74 Å². The molecule has 0 saturated carbocycles. The number of fused-ring (bicyclic) bond motifs is 6. The number of ether oxygens (including phenoxy) is 1. The van der Waals surface area contributed by atoms with Gasteiger partial charge in [-0.3, -0.25) is 0 Å². The van der Waals surface area contributed by atoms with E-state index >= 15 is 0 Å². The molecule has 4 aromatic heterocycles. The molecule has 0 N–H and O–H groups in total. The topological polar surface area (TPSA) is 60.5 Å². The Hall–Kier alpha value is -2.81. The normalized spacial score (nSPS) is 15.8. The van der Waals surface area contributed by atoms with Gasteiger partial charge in [-0.1, -0.05) is 18.2 Å². The van der Waals surface area contributed by atoms with Crippen molar-refractivity contribution in [2.45, 2.75) is 45.9 Å². The second kappa shape index (κ2) is 7.35. The van der Waals surface area contributed by atoms with Crippen molar-refractivity contribution in [1.82, 2.24) is 29.0 Å². The third kappa shape index (κ3) is 3.36. The van der Waals surface area contributed by atoms with Crippen LogP contribution >= 0.6 is 11.3 Å². The lowest BCUT2D eigenvalue weighted by Gasteiger charge is -2.30. The average Bonchev–Trinajstić information content (AvgIpc) is 3.44. The van der Waals surface area contributed by atoms with Gasteiger partial charge in [0.1, 0.15) is 10.7 Å². The van der Waals surface area contributed by atoms with Gasteiger partial charge < -0.3 is 14.2 Å². The summed E-state index contributed by atoms with van der Waals surface area (Å²) in [5, 5.41) is 7.26. The van der Waals surface area contributed by atoms with E-state index in [1.54, 1.807) is 11.3 Å². The van der Waals surface area contributed by atoms with Gasteiger partial charge in [0, 0.05) is 47.1 Å². The number of para-hydroxylation sites is 1. The number of likely N-dealkylation sites (N-methyl/N-ethyl adjacent to an activating group) is 1. The Labute approximate surface area is 196 Å². The molecule has 8 heteroatoms. The zero-order valence-corrected chi connectivity index (χ0v) is 20.5. The minimum Gasteiger partial charge on any atom is -0.370 e. The van der Waals surface area contributed by atoms with Crippen LogP contribution in [0.1, 0.15) is 30.1 Å². The largest absolute Gasteiger partial charge is 0.370 e. The van der Waals surface area contributed by atoms with Gasteiger partial charge in [-0.2, -0.15) is 4.52 Å². The summed E-state index contributed by atoms with van der Waals surface area (Å²) < 4.78 is 10.3. The van der Waals surface area contributed by atoms with E-state index in [0.29, 0.717) is 6.61 Å². The molecule has 0 atom stereocenters. The van der Waals surface area contributed by atoms with Crippen molar-refractivity contribution in [1.29, 1.82) is 0 Å². The van der Waals surface area contributed by atoms with Crippen LogP contribution in [0.25, 0.3) is 38.2 Å². The SMILES string of the molecule is Cc1nc2sc3c(c2c2nc(-c4cn(CCN(C)C)c5ccccc45)nn12)CC(C)(C)OC3. The maximum Gasteiger partial charge on any atom is 0.184 e. The molecular formula is C25H28N6OS. The van der Waals surface area contributed by atoms with Crippen LogP contribution in [-0.2, 0) is 24.3 Å². The Morgan fingerprint density at radius 2 is 2.00 bits per heavy atom. The fourth-order valence-corrected chi connectivity index (χ4v) is 5.92. The van der Waals surface area contributed by atoms with Crippen LogP contribution in [0.3, 0.4) is 0 Å². The Morgan fingerprint density at radius 3 is 2.82 bits per heavy atom. The number of nitrogens with zero attached hydrogens (tertiary/aromatic N) is 6. The highest BCUT2D eigenvalue weighted by atomic mass is 32.1. The van der Waals surface area contributed by atoms with Crippen LogP contribution in [0.2, 0.25) is 0 Å². The first kappa shape index (κ1) is 20.8. The van der Waals surface area contributed by atoms with Gasteiger partial charge in [0.05, 0.1) is 17.6 Å². The molecule has 6 rings (SSSR count). The summed E-state index contributed by atoms with van der Waals surface area (Å²) in [6.07, 6.45) is 3.05. The smallest absolute Gasteiger partial charge is 0.184 e. The van der Waals surface area contributed by atoms with Crippen LogP contribution in [0, 0.1) is 6.92 Å². The van der Waals surface area contributed by atoms with Gasteiger partial charge >= 0.3 is 0 Å². The average molecular weight is 461 g/mol. The molecule has 0 radical (unpaired) electrons. The predicted molar refractivity (Wildman–Crippen MR) is 133 cm³/mol. The van der Waals surface area contributed by atoms with E-state index in [-0.39, 0.29) is 5.60 Å². The molecule has 33 heavy (non-hydrogen) atoms. The van der Waals surface area contributed by atoms with Crippen LogP contribution in [0.15, 0.2) is 30.5 Å². The second-order valence-electron chi connectivity index (χ2n) is 9.80. The first-order valence-corrected chi connectivity index (χ1v) is 12.2. The fourth-order valence-electron chi connectivity index (χ4n) is 4.77. The van der Waals surface area contributed by atoms with Crippen LogP contribution < -0.4 is 0 Å². The highest BCUT2D eigenvalue weighted by molar-refractivity contribution is 7.19. The molecule has 0 bridgehead atoms. The van der Waals surface area contributed by atoms with Crippen molar-refractivity contribution in [3.8, 4) is 11.4 Å². The van der Waals surface area contributed by atoms with Gasteiger partial charge in [-0.05, 0) is 46.5 Å². The Bertz CT molecular complexity index is 1520. The lowest BCUT2D eigenvalue weighted by Crippen LogP contribution is -2.31. The van der Waals surface area contributed by atoms with Crippen LogP contribution in [-0.4, -0.2) is 55.3 Å². The maximum absolute atomic E-state index is 6.06. The third-order valence-electron chi connectivity index (χ3n) is 6.49. The lowest BCUT2D eigenvalue weighted by molar-refractivity contribution is -0.0379. The first-order chi connectivity index (χ1) is 15.8. The maximum atomic E-state index is 6.06. The van der Waals surface area contributed by atoms with Gasteiger partial charge in [0.2, 0.25) is 0 Å². The quantitative estimate of drug-likeness (QED) is 0.390. The van der Waals surface area contributed by atoms with E-state index in [1.165, 1.54) is 21.3 Å². The summed E-state index contributed by atoms with van der Waals surface area (Å²) in [7, 11) is 4.20. The minimum atomic E-state index is -0.189. The highest BCUT2D eigenvalue weighted by Crippen LogP contribution is 2.40. The standard InChI is InChI=1S/C25H28N6OS/c1-15-26-24-21(17-12-25(2,3)32-14-20(17)33-24)23-27-22(28-31(15)23)18-13-30(11-10-29(4)5)19-9-7-6-8-16(18)19/h6-9,13H,10-12,14H2,1-5H3. The first-order valence-electron chi connectivity index (χ1n) is 11.4. The van der Waals surface area contributed by atoms with Crippen molar-refractivity contribution >= 4 is 38.1 Å². The van der Waals surface area contributed by atoms with E-state index in [9.17, 15) is 0 Å². The number of aromatic nitrogens is 5. The van der Waals surface area contributed by atoms with Gasteiger partial charge in [-0.15, -0.1) is 16.4 Å². The van der Waals surface area contributed by atoms with Crippen molar-refractivity contribution in [3.05, 3.63) is 46.7 Å². The monoisotopic (exact) mass is 460 g/mol. The summed E-state index contributed by atoms with van der Waals surface area (Å²) in [6.45, 7) is 8.82. The molecule has 0 spiro atoms. The number of rotatable bonds is 4. The summed E-state index contributed by atoms with van der Waals surface area (Å²) in [4.78, 5) is 14.5. The molecule has 1 aliphatic rings. The van der Waals surface area contributed by atoms with Crippen LogP contribution in [0.5, 0.6) is 0 Å². The Kier molecular flexibility index (Phi) is 4.62. The van der Waals surface area contributed by atoms with Crippen molar-refractivity contribution in [2.24, 2.45) is 0 Å². The molecule has 1 aliphatic heterocycles. The molecule has 0 fully saturated rings. The second-order valence-corrected chi connectivity index (χ2v) is 10.9. The molecule has 1 aromatic carbocycles. The Balaban J connectivity index is 1.56. The van der Waals surface area contributed by atoms with E-state index in [4.69, 9.17) is 19.8 Å². The minimum absolute atomic E-state index is 0.189. The number of benzene rings is 1. The number of hydrogen-bond acceptors (Lipinski definition) is 6. The lowest BCUT2D eigenvalue weighted by atomic mass is 9.94. The molecule has 7 nitrogen and oxygen atoms in total. The summed E-state index contributed by atoms with van der Waals surface area (Å²) >= 11 is 1.72. The molecule has 0 unspecified atom stereocenters. The number of hydrogen-bond donors (Lipinski definition) is 0. The van der Waals surface area contributed by atoms with Crippen molar-refractivity contribution in [2.75, 3.05) is 20.6 Å². The molecule has 0 aliphatic carbocycles. The molecule has 5 aromatic rings. The van der Waals surface area contributed by atoms with Gasteiger partial charge in [0.25, 0.3) is 0 Å². The highest BCUT2D eigenvalue weighted by Gasteiger charge is 2.31. The molecule has 0 amide bonds. The van der Waals surface area contributed by atoms with Crippen LogP contribution in [0.4, 0.5) is 0 Å². The summed E-state index contributed by atoms with van der Waals surface area (Å²) in [5.74, 6) is 1.60. The predicted octanol–water partition coefficient (Wildman–Crippen LogP) is 4.68. The molecule has 0 saturated heterocycles. The zero-order valence-electron chi connectivity index (χ0n) is 19.7. The third-order valence-corrected chi connectivity index (χ3v) is 7.59. The van der Waals surface area contributed by atoms with E-state index in [2.05, 4.69) is 67.9 Å². The van der Waals surface area contributed by atoms with Crippen molar-refractivity contribution in [3.63, 3.8) is 0 Å². The number of thiophene rings is 1. The summed E-state index contributed by atoms with van der Waals surface area (Å²) in [5.41, 5.74) is 4.29. The van der Waals surface area contributed by atoms with E-state index < -0.39 is 0 Å². The Morgan fingerprint density at radius 1 is 1.18 bits per heavy atom.